The Morgan fingerprint density at radius 3 is 1.28 bits per heavy atom. The molecule has 0 bridgehead atoms. The first-order valence-corrected chi connectivity index (χ1v) is 9.58. The summed E-state index contributed by atoms with van der Waals surface area (Å²) < 4.78 is 23.0. The van der Waals surface area contributed by atoms with Gasteiger partial charge in [0.15, 0.2) is 0 Å². The first kappa shape index (κ1) is 26.8. The van der Waals surface area contributed by atoms with Crippen molar-refractivity contribution in [3.63, 3.8) is 0 Å². The third-order valence-corrected chi connectivity index (χ3v) is 3.67. The lowest BCUT2D eigenvalue weighted by Crippen LogP contribution is -2.42. The Balaban J connectivity index is 4.68. The zero-order chi connectivity index (χ0) is 21.5. The molecule has 164 valence electrons. The Bertz CT molecular complexity index is 475. The molecule has 29 heavy (non-hydrogen) atoms. The number of hydrogen-bond acceptors (Lipinski definition) is 7. The lowest BCUT2D eigenvalue weighted by atomic mass is 9.92. The fraction of sp³-hybridized carbons (Fsp3) is 1.00. The van der Waals surface area contributed by atoms with E-state index in [0.717, 1.165) is 0 Å². The Morgan fingerprint density at radius 1 is 0.621 bits per heavy atom. The SMILES string of the molecule is CCOCC(COCCCN=[N+]=[N-])(COCCCN=[N+]=[N-])COCCCN=[N+]=[N-]. The van der Waals surface area contributed by atoms with Gasteiger partial charge in [0.1, 0.15) is 0 Å². The minimum absolute atomic E-state index is 0.357. The van der Waals surface area contributed by atoms with Gasteiger partial charge in [-0.15, -0.1) is 0 Å². The van der Waals surface area contributed by atoms with E-state index in [0.29, 0.717) is 91.8 Å². The fourth-order valence-electron chi connectivity index (χ4n) is 2.28. The standard InChI is InChI=1S/C16H31N9O4/c1-2-26-12-16(13-27-9-3-6-20-23-17,14-28-10-4-7-21-24-18)15-29-11-5-8-22-25-19/h2-15H2,1H3. The highest BCUT2D eigenvalue weighted by Gasteiger charge is 2.32. The third-order valence-electron chi connectivity index (χ3n) is 3.67. The average Bonchev–Trinajstić information content (AvgIpc) is 2.74. The van der Waals surface area contributed by atoms with Gasteiger partial charge in [-0.05, 0) is 42.8 Å². The van der Waals surface area contributed by atoms with E-state index in [-0.39, 0.29) is 0 Å². The summed E-state index contributed by atoms with van der Waals surface area (Å²) in [6, 6.07) is 0. The van der Waals surface area contributed by atoms with Crippen LogP contribution in [0.15, 0.2) is 15.3 Å². The lowest BCUT2D eigenvalue weighted by Gasteiger charge is -2.33. The molecule has 0 aromatic heterocycles. The number of ether oxygens (including phenoxy) is 4. The topological polar surface area (TPSA) is 183 Å². The van der Waals surface area contributed by atoms with Crippen molar-refractivity contribution in [2.24, 2.45) is 20.8 Å². The van der Waals surface area contributed by atoms with Crippen LogP contribution in [0, 0.1) is 5.41 Å². The normalized spacial score (nSPS) is 12.3. The molecule has 0 atom stereocenters. The van der Waals surface area contributed by atoms with E-state index in [4.69, 9.17) is 35.5 Å². The first-order valence-electron chi connectivity index (χ1n) is 9.58. The van der Waals surface area contributed by atoms with Crippen molar-refractivity contribution in [3.8, 4) is 0 Å². The van der Waals surface area contributed by atoms with Gasteiger partial charge in [0.05, 0.1) is 31.8 Å². The molecule has 13 nitrogen and oxygen atoms in total. The minimum Gasteiger partial charge on any atom is -0.381 e. The van der Waals surface area contributed by atoms with Crippen LogP contribution in [0.5, 0.6) is 0 Å². The Morgan fingerprint density at radius 2 is 0.966 bits per heavy atom. The monoisotopic (exact) mass is 413 g/mol. The molecule has 0 aromatic rings. The predicted molar refractivity (Wildman–Crippen MR) is 107 cm³/mol. The summed E-state index contributed by atoms with van der Waals surface area (Å²) >= 11 is 0. The van der Waals surface area contributed by atoms with Gasteiger partial charge in [-0.25, -0.2) is 0 Å². The van der Waals surface area contributed by atoms with Crippen LogP contribution in [0.2, 0.25) is 0 Å². The van der Waals surface area contributed by atoms with Crippen LogP contribution in [-0.2, 0) is 18.9 Å². The second kappa shape index (κ2) is 20.5. The summed E-state index contributed by atoms with van der Waals surface area (Å²) in [5, 5.41) is 10.5. The molecule has 13 heteroatoms. The molecule has 0 aromatic carbocycles. The maximum absolute atomic E-state index is 8.31. The fourth-order valence-corrected chi connectivity index (χ4v) is 2.28. The van der Waals surface area contributed by atoms with E-state index in [2.05, 4.69) is 30.1 Å². The molecular formula is C16H31N9O4. The summed E-state index contributed by atoms with van der Waals surface area (Å²) in [5.74, 6) is 0. The lowest BCUT2D eigenvalue weighted by molar-refractivity contribution is -0.105. The maximum Gasteiger partial charge on any atom is 0.0637 e. The molecule has 0 N–H and O–H groups in total. The molecule has 0 radical (unpaired) electrons. The molecule has 0 heterocycles. The van der Waals surface area contributed by atoms with Crippen LogP contribution in [-0.4, -0.2) is 72.5 Å². The molecule has 0 amide bonds. The van der Waals surface area contributed by atoms with E-state index in [9.17, 15) is 0 Å². The van der Waals surface area contributed by atoms with Crippen LogP contribution in [0.3, 0.4) is 0 Å². The van der Waals surface area contributed by atoms with Crippen LogP contribution in [0.1, 0.15) is 26.2 Å². The van der Waals surface area contributed by atoms with Crippen LogP contribution < -0.4 is 0 Å². The second-order valence-corrected chi connectivity index (χ2v) is 6.22. The summed E-state index contributed by atoms with van der Waals surface area (Å²) in [7, 11) is 0. The van der Waals surface area contributed by atoms with Crippen molar-refractivity contribution in [2.75, 3.05) is 72.5 Å². The first-order chi connectivity index (χ1) is 14.2. The van der Waals surface area contributed by atoms with E-state index in [1.165, 1.54) is 0 Å². The molecule has 0 aliphatic rings. The van der Waals surface area contributed by atoms with Crippen LogP contribution in [0.4, 0.5) is 0 Å². The molecule has 0 unspecified atom stereocenters. The maximum atomic E-state index is 8.31. The summed E-state index contributed by atoms with van der Waals surface area (Å²) in [5.41, 5.74) is 24.4. The van der Waals surface area contributed by atoms with E-state index < -0.39 is 5.41 Å². The third kappa shape index (κ3) is 16.4. The molecular weight excluding hydrogens is 382 g/mol. The molecule has 0 fully saturated rings. The summed E-state index contributed by atoms with van der Waals surface area (Å²) in [6.45, 7) is 6.39. The summed E-state index contributed by atoms with van der Waals surface area (Å²) in [4.78, 5) is 8.14. The number of rotatable bonds is 21. The number of nitrogens with zero attached hydrogens (tertiary/aromatic N) is 9. The van der Waals surface area contributed by atoms with Gasteiger partial charge in [-0.1, -0.05) is 15.3 Å². The molecule has 0 spiro atoms. The quantitative estimate of drug-likeness (QED) is 0.118. The van der Waals surface area contributed by atoms with E-state index >= 15 is 0 Å². The van der Waals surface area contributed by atoms with Gasteiger partial charge in [0, 0.05) is 60.8 Å². The van der Waals surface area contributed by atoms with Crippen molar-refractivity contribution in [1.29, 1.82) is 0 Å². The molecule has 0 saturated heterocycles. The van der Waals surface area contributed by atoms with Crippen molar-refractivity contribution >= 4 is 0 Å². The van der Waals surface area contributed by atoms with Crippen LogP contribution in [0.25, 0.3) is 31.3 Å². The van der Waals surface area contributed by atoms with Gasteiger partial charge in [-0.3, -0.25) is 0 Å². The largest absolute Gasteiger partial charge is 0.381 e. The minimum atomic E-state index is -0.508. The highest BCUT2D eigenvalue weighted by Crippen LogP contribution is 2.21. The highest BCUT2D eigenvalue weighted by atomic mass is 16.5. The smallest absolute Gasteiger partial charge is 0.0637 e. The molecule has 0 saturated carbocycles. The Hall–Kier alpha value is -2.23. The Kier molecular flexibility index (Phi) is 18.9. The molecule has 0 aliphatic heterocycles. The van der Waals surface area contributed by atoms with Crippen molar-refractivity contribution < 1.29 is 18.9 Å². The van der Waals surface area contributed by atoms with Crippen molar-refractivity contribution in [3.05, 3.63) is 31.3 Å². The van der Waals surface area contributed by atoms with E-state index in [1.807, 2.05) is 6.92 Å². The number of azide groups is 3. The summed E-state index contributed by atoms with van der Waals surface area (Å²) in [6.07, 6.45) is 1.86. The van der Waals surface area contributed by atoms with E-state index in [1.54, 1.807) is 0 Å². The molecule has 0 aliphatic carbocycles. The van der Waals surface area contributed by atoms with Gasteiger partial charge in [0.2, 0.25) is 0 Å². The highest BCUT2D eigenvalue weighted by molar-refractivity contribution is 4.79. The molecule has 0 rings (SSSR count). The second-order valence-electron chi connectivity index (χ2n) is 6.22. The van der Waals surface area contributed by atoms with Crippen molar-refractivity contribution in [2.45, 2.75) is 26.2 Å². The zero-order valence-corrected chi connectivity index (χ0v) is 17.1. The number of hydrogen-bond donors (Lipinski definition) is 0. The van der Waals surface area contributed by atoms with Gasteiger partial charge >= 0.3 is 0 Å². The predicted octanol–water partition coefficient (Wildman–Crippen LogP) is 4.16. The Labute approximate surface area is 170 Å². The van der Waals surface area contributed by atoms with Gasteiger partial charge < -0.3 is 18.9 Å². The van der Waals surface area contributed by atoms with Gasteiger partial charge in [-0.2, -0.15) is 0 Å². The average molecular weight is 413 g/mol. The zero-order valence-electron chi connectivity index (χ0n) is 17.1. The van der Waals surface area contributed by atoms with Crippen LogP contribution >= 0.6 is 0 Å². The van der Waals surface area contributed by atoms with Crippen molar-refractivity contribution in [1.82, 2.24) is 0 Å². The van der Waals surface area contributed by atoms with Gasteiger partial charge in [0.25, 0.3) is 0 Å².